The first-order chi connectivity index (χ1) is 12.8. The second-order valence-electron chi connectivity index (χ2n) is 7.29. The third kappa shape index (κ3) is 8.49. The molecule has 0 heterocycles. The number of ether oxygens (including phenoxy) is 1. The fraction of sp³-hybridized carbons (Fsp3) is 0.500. The summed E-state index contributed by atoms with van der Waals surface area (Å²) in [5.41, 5.74) is 0.393. The third-order valence-corrected chi connectivity index (χ3v) is 4.83. The largest absolute Gasteiger partial charge is 0.452 e. The molecule has 0 fully saturated rings. The molecule has 1 atom stereocenters. The van der Waals surface area contributed by atoms with Gasteiger partial charge in [-0.1, -0.05) is 17.7 Å². The highest BCUT2D eigenvalue weighted by atomic mass is 32.2. The highest BCUT2D eigenvalue weighted by Gasteiger charge is 2.22. The van der Waals surface area contributed by atoms with Gasteiger partial charge in [-0.3, -0.25) is 14.9 Å². The van der Waals surface area contributed by atoms with E-state index in [1.165, 1.54) is 19.1 Å². The van der Waals surface area contributed by atoms with Gasteiger partial charge in [-0.15, -0.1) is 0 Å². The van der Waals surface area contributed by atoms with E-state index >= 15 is 0 Å². The molecular formula is C18H27N3O6S. The van der Waals surface area contributed by atoms with Gasteiger partial charge in [0.15, 0.2) is 6.10 Å². The Morgan fingerprint density at radius 2 is 1.68 bits per heavy atom. The van der Waals surface area contributed by atoms with Crippen molar-refractivity contribution in [2.45, 2.75) is 57.6 Å². The number of carbonyl (C=O) groups is 3. The number of hydrogen-bond acceptors (Lipinski definition) is 6. The number of hydrogen-bond donors (Lipinski definition) is 3. The lowest BCUT2D eigenvalue weighted by atomic mass is 10.1. The first-order valence-electron chi connectivity index (χ1n) is 8.69. The monoisotopic (exact) mass is 413 g/mol. The van der Waals surface area contributed by atoms with Crippen molar-refractivity contribution in [2.24, 2.45) is 0 Å². The second-order valence-corrected chi connectivity index (χ2v) is 9.05. The van der Waals surface area contributed by atoms with E-state index in [1.807, 2.05) is 6.92 Å². The zero-order valence-electron chi connectivity index (χ0n) is 16.7. The molecule has 1 aromatic carbocycles. The maximum Gasteiger partial charge on any atom is 0.321 e. The van der Waals surface area contributed by atoms with E-state index in [1.54, 1.807) is 32.9 Å². The number of aryl methyl sites for hydroxylation is 1. The van der Waals surface area contributed by atoms with Gasteiger partial charge in [-0.2, -0.15) is 0 Å². The van der Waals surface area contributed by atoms with Gasteiger partial charge in [0.05, 0.1) is 11.3 Å². The van der Waals surface area contributed by atoms with Crippen LogP contribution in [0.25, 0.3) is 0 Å². The predicted molar refractivity (Wildman–Crippen MR) is 103 cm³/mol. The normalized spacial score (nSPS) is 12.8. The van der Waals surface area contributed by atoms with Gasteiger partial charge < -0.3 is 10.1 Å². The van der Waals surface area contributed by atoms with Crippen LogP contribution in [0.3, 0.4) is 0 Å². The molecule has 0 bridgehead atoms. The van der Waals surface area contributed by atoms with Gasteiger partial charge >= 0.3 is 12.0 Å². The number of urea groups is 1. The van der Waals surface area contributed by atoms with Crippen molar-refractivity contribution in [1.82, 2.24) is 15.4 Å². The van der Waals surface area contributed by atoms with E-state index in [0.29, 0.717) is 0 Å². The molecule has 156 valence electrons. The van der Waals surface area contributed by atoms with Crippen molar-refractivity contribution < 1.29 is 27.5 Å². The summed E-state index contributed by atoms with van der Waals surface area (Å²) in [6.07, 6.45) is -1.47. The van der Waals surface area contributed by atoms with Crippen molar-refractivity contribution in [1.29, 1.82) is 0 Å². The van der Waals surface area contributed by atoms with Gasteiger partial charge in [0.1, 0.15) is 0 Å². The number of imide groups is 1. The summed E-state index contributed by atoms with van der Waals surface area (Å²) in [6, 6.07) is 5.56. The average Bonchev–Trinajstić information content (AvgIpc) is 2.52. The Morgan fingerprint density at radius 1 is 1.11 bits per heavy atom. The number of rotatable bonds is 7. The number of carbonyl (C=O) groups excluding carboxylic acids is 3. The SMILES string of the molecule is Cc1ccc(S(=O)(=O)NCCC(=O)O[C@@H](C)C(=O)NC(=O)NC(C)(C)C)cc1. The Morgan fingerprint density at radius 3 is 2.21 bits per heavy atom. The van der Waals surface area contributed by atoms with Crippen LogP contribution >= 0.6 is 0 Å². The molecule has 0 radical (unpaired) electrons. The Bertz CT molecular complexity index is 813. The Labute approximate surface area is 165 Å². The van der Waals surface area contributed by atoms with E-state index in [4.69, 9.17) is 4.74 Å². The number of benzene rings is 1. The van der Waals surface area contributed by atoms with Crippen LogP contribution in [0.4, 0.5) is 4.79 Å². The molecule has 0 spiro atoms. The Balaban J connectivity index is 2.44. The minimum atomic E-state index is -3.74. The highest BCUT2D eigenvalue weighted by molar-refractivity contribution is 7.89. The third-order valence-electron chi connectivity index (χ3n) is 3.36. The van der Waals surface area contributed by atoms with Gasteiger partial charge in [-0.05, 0) is 46.8 Å². The van der Waals surface area contributed by atoms with Crippen molar-refractivity contribution in [3.63, 3.8) is 0 Å². The molecular weight excluding hydrogens is 386 g/mol. The van der Waals surface area contributed by atoms with Crippen molar-refractivity contribution >= 4 is 27.9 Å². The minimum absolute atomic E-state index is 0.0871. The maximum atomic E-state index is 12.1. The summed E-state index contributed by atoms with van der Waals surface area (Å²) in [6.45, 7) is 8.21. The number of nitrogens with one attached hydrogen (secondary N) is 3. The van der Waals surface area contributed by atoms with E-state index in [9.17, 15) is 22.8 Å². The summed E-state index contributed by atoms with van der Waals surface area (Å²) in [5, 5.41) is 4.61. The lowest BCUT2D eigenvalue weighted by Gasteiger charge is -2.21. The molecule has 3 amide bonds. The molecule has 0 aromatic heterocycles. The van der Waals surface area contributed by atoms with Crippen molar-refractivity contribution in [2.75, 3.05) is 6.54 Å². The van der Waals surface area contributed by atoms with E-state index in [0.717, 1.165) is 5.56 Å². The molecule has 9 nitrogen and oxygen atoms in total. The Hall–Kier alpha value is -2.46. The zero-order chi connectivity index (χ0) is 21.5. The number of amides is 3. The van der Waals surface area contributed by atoms with Crippen LogP contribution in [0.15, 0.2) is 29.2 Å². The van der Waals surface area contributed by atoms with Crippen molar-refractivity contribution in [3.05, 3.63) is 29.8 Å². The van der Waals surface area contributed by atoms with Crippen LogP contribution in [0.1, 0.15) is 39.7 Å². The molecule has 0 unspecified atom stereocenters. The quantitative estimate of drug-likeness (QED) is 0.576. The van der Waals surface area contributed by atoms with Crippen LogP contribution < -0.4 is 15.4 Å². The summed E-state index contributed by atoms with van der Waals surface area (Å²) < 4.78 is 31.4. The Kier molecular flexibility index (Phi) is 8.13. The summed E-state index contributed by atoms with van der Waals surface area (Å²) in [4.78, 5) is 35.4. The van der Waals surface area contributed by atoms with Crippen molar-refractivity contribution in [3.8, 4) is 0 Å². The zero-order valence-corrected chi connectivity index (χ0v) is 17.5. The van der Waals surface area contributed by atoms with Crippen LogP contribution in [0.2, 0.25) is 0 Å². The highest BCUT2D eigenvalue weighted by Crippen LogP contribution is 2.09. The lowest BCUT2D eigenvalue weighted by molar-refractivity contribution is -0.154. The fourth-order valence-electron chi connectivity index (χ4n) is 1.98. The number of sulfonamides is 1. The topological polar surface area (TPSA) is 131 Å². The molecule has 1 rings (SSSR count). The van der Waals surface area contributed by atoms with Crippen LogP contribution in [0, 0.1) is 6.92 Å². The first-order valence-corrected chi connectivity index (χ1v) is 10.2. The molecule has 0 aliphatic carbocycles. The van der Waals surface area contributed by atoms with Crippen LogP contribution in [-0.2, 0) is 24.3 Å². The smallest absolute Gasteiger partial charge is 0.321 e. The fourth-order valence-corrected chi connectivity index (χ4v) is 3.02. The molecule has 10 heteroatoms. The van der Waals surface area contributed by atoms with Gasteiger partial charge in [0.25, 0.3) is 5.91 Å². The lowest BCUT2D eigenvalue weighted by Crippen LogP contribution is -2.50. The maximum absolute atomic E-state index is 12.1. The molecule has 0 saturated heterocycles. The molecule has 3 N–H and O–H groups in total. The van der Waals surface area contributed by atoms with Crippen LogP contribution in [0.5, 0.6) is 0 Å². The molecule has 1 aromatic rings. The second kappa shape index (κ2) is 9.65. The first kappa shape index (κ1) is 23.6. The predicted octanol–water partition coefficient (Wildman–Crippen LogP) is 1.22. The summed E-state index contributed by atoms with van der Waals surface area (Å²) in [7, 11) is -3.74. The van der Waals surface area contributed by atoms with Gasteiger partial charge in [0.2, 0.25) is 10.0 Å². The minimum Gasteiger partial charge on any atom is -0.452 e. The molecule has 0 aliphatic heterocycles. The molecule has 0 aliphatic rings. The van der Waals surface area contributed by atoms with Crippen LogP contribution in [-0.4, -0.2) is 44.5 Å². The molecule has 0 saturated carbocycles. The van der Waals surface area contributed by atoms with E-state index < -0.39 is 39.6 Å². The number of esters is 1. The standard InChI is InChI=1S/C18H27N3O6S/c1-12-6-8-14(9-7-12)28(25,26)19-11-10-15(22)27-13(2)16(23)20-17(24)21-18(3,4)5/h6-9,13,19H,10-11H2,1-5H3,(H2,20,21,23,24)/t13-/m0/s1. The summed E-state index contributed by atoms with van der Waals surface area (Å²) >= 11 is 0. The summed E-state index contributed by atoms with van der Waals surface area (Å²) in [5.74, 6) is -1.55. The van der Waals surface area contributed by atoms with Gasteiger partial charge in [-0.25, -0.2) is 17.9 Å². The van der Waals surface area contributed by atoms with E-state index in [2.05, 4.69) is 15.4 Å². The molecule has 28 heavy (non-hydrogen) atoms. The van der Waals surface area contributed by atoms with Gasteiger partial charge in [0, 0.05) is 12.1 Å². The van der Waals surface area contributed by atoms with E-state index in [-0.39, 0.29) is 17.9 Å². The average molecular weight is 413 g/mol.